The lowest BCUT2D eigenvalue weighted by Crippen LogP contribution is -2.40. The molecule has 0 aliphatic heterocycles. The van der Waals surface area contributed by atoms with Gasteiger partial charge in [0.15, 0.2) is 0 Å². The van der Waals surface area contributed by atoms with E-state index in [1.54, 1.807) is 11.3 Å². The molecule has 2 N–H and O–H groups in total. The number of nitrogens with two attached hydrogens (primary N) is 1. The number of hydrogen-bond donors (Lipinski definition) is 1. The van der Waals surface area contributed by atoms with Crippen molar-refractivity contribution in [1.29, 1.82) is 0 Å². The predicted octanol–water partition coefficient (Wildman–Crippen LogP) is 2.79. The molecule has 0 spiro atoms. The van der Waals surface area contributed by atoms with Gasteiger partial charge in [-0.15, -0.1) is 11.3 Å². The van der Waals surface area contributed by atoms with Crippen molar-refractivity contribution in [2.75, 3.05) is 6.54 Å². The van der Waals surface area contributed by atoms with Crippen LogP contribution in [0, 0.1) is 5.92 Å². The maximum Gasteiger partial charge on any atom is 0.245 e. The summed E-state index contributed by atoms with van der Waals surface area (Å²) in [6, 6.07) is 3.86. The average Bonchev–Trinajstić information content (AvgIpc) is 3.02. The van der Waals surface area contributed by atoms with Gasteiger partial charge in [-0.25, -0.2) is 0 Å². The average molecular weight is 266 g/mol. The van der Waals surface area contributed by atoms with Crippen LogP contribution in [0.4, 0.5) is 0 Å². The molecule has 4 heteroatoms. The Morgan fingerprint density at radius 1 is 1.56 bits per heavy atom. The van der Waals surface area contributed by atoms with E-state index < -0.39 is 6.04 Å². The summed E-state index contributed by atoms with van der Waals surface area (Å²) in [5, 5.41) is 1.97. The van der Waals surface area contributed by atoms with Crippen molar-refractivity contribution in [3.63, 3.8) is 0 Å². The Bertz CT molecular complexity index is 385. The molecule has 2 rings (SSSR count). The van der Waals surface area contributed by atoms with Crippen LogP contribution in [-0.2, 0) is 4.79 Å². The highest BCUT2D eigenvalue weighted by atomic mass is 32.1. The monoisotopic (exact) mass is 266 g/mol. The molecule has 0 radical (unpaired) electrons. The van der Waals surface area contributed by atoms with Crippen molar-refractivity contribution in [3.05, 3.63) is 22.4 Å². The van der Waals surface area contributed by atoms with Crippen molar-refractivity contribution in [1.82, 2.24) is 4.90 Å². The van der Waals surface area contributed by atoms with E-state index in [0.29, 0.717) is 12.0 Å². The van der Waals surface area contributed by atoms with E-state index >= 15 is 0 Å². The molecule has 1 unspecified atom stereocenters. The fourth-order valence-electron chi connectivity index (χ4n) is 2.02. The molecule has 0 saturated heterocycles. The van der Waals surface area contributed by atoms with Crippen LogP contribution in [0.3, 0.4) is 0 Å². The Balaban J connectivity index is 1.99. The molecule has 1 aromatic rings. The molecule has 1 atom stereocenters. The minimum atomic E-state index is -0.474. The Labute approximate surface area is 113 Å². The van der Waals surface area contributed by atoms with Crippen LogP contribution in [0.1, 0.15) is 44.0 Å². The summed E-state index contributed by atoms with van der Waals surface area (Å²) in [5.41, 5.74) is 6.08. The lowest BCUT2D eigenvalue weighted by Gasteiger charge is -2.26. The second kappa shape index (κ2) is 5.85. The zero-order chi connectivity index (χ0) is 13.1. The number of amides is 1. The van der Waals surface area contributed by atoms with Gasteiger partial charge >= 0.3 is 0 Å². The van der Waals surface area contributed by atoms with E-state index in [9.17, 15) is 4.79 Å². The summed E-state index contributed by atoms with van der Waals surface area (Å²) in [7, 11) is 0. The van der Waals surface area contributed by atoms with Crippen LogP contribution in [0.15, 0.2) is 17.5 Å². The van der Waals surface area contributed by atoms with Gasteiger partial charge in [-0.1, -0.05) is 19.9 Å². The van der Waals surface area contributed by atoms with Crippen LogP contribution >= 0.6 is 11.3 Å². The number of carbonyl (C=O) groups excluding carboxylic acids is 1. The highest BCUT2D eigenvalue weighted by Crippen LogP contribution is 2.30. The number of thiophene rings is 1. The lowest BCUT2D eigenvalue weighted by molar-refractivity contribution is -0.133. The normalized spacial score (nSPS) is 16.9. The first kappa shape index (κ1) is 13.6. The van der Waals surface area contributed by atoms with Crippen molar-refractivity contribution < 1.29 is 4.79 Å². The van der Waals surface area contributed by atoms with Crippen molar-refractivity contribution in [2.45, 2.75) is 45.2 Å². The highest BCUT2D eigenvalue weighted by molar-refractivity contribution is 7.10. The van der Waals surface area contributed by atoms with Crippen LogP contribution in [0.5, 0.6) is 0 Å². The van der Waals surface area contributed by atoms with Gasteiger partial charge in [0.1, 0.15) is 6.04 Å². The van der Waals surface area contributed by atoms with Crippen LogP contribution in [0.25, 0.3) is 0 Å². The van der Waals surface area contributed by atoms with Crippen LogP contribution in [0.2, 0.25) is 0 Å². The first-order valence-corrected chi connectivity index (χ1v) is 7.57. The smallest absolute Gasteiger partial charge is 0.245 e. The van der Waals surface area contributed by atoms with Gasteiger partial charge in [0.05, 0.1) is 0 Å². The van der Waals surface area contributed by atoms with Gasteiger partial charge in [0.2, 0.25) is 5.91 Å². The first-order valence-electron chi connectivity index (χ1n) is 6.69. The number of hydrogen-bond acceptors (Lipinski definition) is 3. The number of rotatable bonds is 6. The SMILES string of the molecule is CC(C)CCN(C(=O)C(N)c1cccs1)C1CC1. The predicted molar refractivity (Wildman–Crippen MR) is 75.4 cm³/mol. The third-order valence-corrected chi connectivity index (χ3v) is 4.29. The molecule has 1 aromatic heterocycles. The lowest BCUT2D eigenvalue weighted by atomic mass is 10.1. The Hall–Kier alpha value is -0.870. The number of carbonyl (C=O) groups is 1. The summed E-state index contributed by atoms with van der Waals surface area (Å²) in [5.74, 6) is 0.720. The molecule has 1 aliphatic rings. The van der Waals surface area contributed by atoms with Gasteiger partial charge in [-0.2, -0.15) is 0 Å². The summed E-state index contributed by atoms with van der Waals surface area (Å²) in [4.78, 5) is 15.4. The summed E-state index contributed by atoms with van der Waals surface area (Å²) in [6.45, 7) is 5.23. The fourth-order valence-corrected chi connectivity index (χ4v) is 2.74. The minimum Gasteiger partial charge on any atom is -0.338 e. The molecule has 18 heavy (non-hydrogen) atoms. The van der Waals surface area contributed by atoms with Gasteiger partial charge in [0, 0.05) is 17.5 Å². The van der Waals surface area contributed by atoms with Crippen molar-refractivity contribution in [2.24, 2.45) is 11.7 Å². The molecular formula is C14H22N2OS. The molecule has 0 aromatic carbocycles. The van der Waals surface area contributed by atoms with Crippen molar-refractivity contribution >= 4 is 17.2 Å². The Morgan fingerprint density at radius 2 is 2.28 bits per heavy atom. The first-order chi connectivity index (χ1) is 8.59. The third-order valence-electron chi connectivity index (χ3n) is 3.33. The number of nitrogens with zero attached hydrogens (tertiary/aromatic N) is 1. The largest absolute Gasteiger partial charge is 0.338 e. The standard InChI is InChI=1S/C14H22N2OS/c1-10(2)7-8-16(11-5-6-11)14(17)13(15)12-4-3-9-18-12/h3-4,9-11,13H,5-8,15H2,1-2H3. The van der Waals surface area contributed by atoms with E-state index in [0.717, 1.165) is 30.7 Å². The van der Waals surface area contributed by atoms with E-state index in [1.165, 1.54) is 0 Å². The summed E-state index contributed by atoms with van der Waals surface area (Å²) in [6.07, 6.45) is 3.33. The van der Waals surface area contributed by atoms with Crippen LogP contribution < -0.4 is 5.73 Å². The summed E-state index contributed by atoms with van der Waals surface area (Å²) < 4.78 is 0. The molecular weight excluding hydrogens is 244 g/mol. The highest BCUT2D eigenvalue weighted by Gasteiger charge is 2.35. The van der Waals surface area contributed by atoms with Crippen LogP contribution in [-0.4, -0.2) is 23.4 Å². The fraction of sp³-hybridized carbons (Fsp3) is 0.643. The zero-order valence-electron chi connectivity index (χ0n) is 11.1. The van der Waals surface area contributed by atoms with Crippen molar-refractivity contribution in [3.8, 4) is 0 Å². The molecule has 3 nitrogen and oxygen atoms in total. The topological polar surface area (TPSA) is 46.3 Å². The molecule has 100 valence electrons. The van der Waals surface area contributed by atoms with E-state index in [4.69, 9.17) is 5.73 Å². The molecule has 1 saturated carbocycles. The third kappa shape index (κ3) is 3.33. The van der Waals surface area contributed by atoms with Gasteiger partial charge in [-0.3, -0.25) is 4.79 Å². The van der Waals surface area contributed by atoms with Gasteiger partial charge < -0.3 is 10.6 Å². The van der Waals surface area contributed by atoms with E-state index in [-0.39, 0.29) is 5.91 Å². The zero-order valence-corrected chi connectivity index (χ0v) is 12.0. The Morgan fingerprint density at radius 3 is 2.78 bits per heavy atom. The molecule has 1 amide bonds. The summed E-state index contributed by atoms with van der Waals surface area (Å²) >= 11 is 1.56. The quantitative estimate of drug-likeness (QED) is 0.860. The minimum absolute atomic E-state index is 0.0978. The van der Waals surface area contributed by atoms with Gasteiger partial charge in [-0.05, 0) is 36.6 Å². The Kier molecular flexibility index (Phi) is 4.40. The molecule has 1 fully saturated rings. The second-order valence-corrected chi connectivity index (χ2v) is 6.42. The second-order valence-electron chi connectivity index (χ2n) is 5.44. The molecule has 1 heterocycles. The maximum absolute atomic E-state index is 12.4. The molecule has 1 aliphatic carbocycles. The van der Waals surface area contributed by atoms with E-state index in [1.807, 2.05) is 22.4 Å². The van der Waals surface area contributed by atoms with Gasteiger partial charge in [0.25, 0.3) is 0 Å². The maximum atomic E-state index is 12.4. The molecule has 0 bridgehead atoms. The van der Waals surface area contributed by atoms with E-state index in [2.05, 4.69) is 13.8 Å².